The van der Waals surface area contributed by atoms with Crippen molar-refractivity contribution in [3.05, 3.63) is 29.6 Å². The molecule has 1 aromatic rings. The number of aliphatic hydroxyl groups is 1. The molecule has 0 saturated carbocycles. The number of hydrogen-bond acceptors (Lipinski definition) is 3. The van der Waals surface area contributed by atoms with E-state index >= 15 is 0 Å². The van der Waals surface area contributed by atoms with E-state index in [4.69, 9.17) is 0 Å². The fraction of sp³-hybridized carbons (Fsp3) is 0.500. The van der Waals surface area contributed by atoms with E-state index < -0.39 is 11.6 Å². The zero-order valence-corrected chi connectivity index (χ0v) is 9.79. The fourth-order valence-electron chi connectivity index (χ4n) is 1.17. The van der Waals surface area contributed by atoms with Gasteiger partial charge in [-0.1, -0.05) is 0 Å². The van der Waals surface area contributed by atoms with Crippen LogP contribution in [0.15, 0.2) is 18.2 Å². The van der Waals surface area contributed by atoms with Crippen LogP contribution in [0.25, 0.3) is 0 Å². The molecule has 0 bridgehead atoms. The van der Waals surface area contributed by atoms with Crippen molar-refractivity contribution >= 4 is 0 Å². The van der Waals surface area contributed by atoms with Gasteiger partial charge in [-0.15, -0.1) is 0 Å². The number of rotatable bonds is 4. The summed E-state index contributed by atoms with van der Waals surface area (Å²) in [5, 5.41) is 22.1. The number of halogens is 1. The summed E-state index contributed by atoms with van der Waals surface area (Å²) in [5.41, 5.74) is -0.00704. The maximum Gasteiger partial charge on any atom is 0.123 e. The predicted molar refractivity (Wildman–Crippen MR) is 60.7 cm³/mol. The first-order chi connectivity index (χ1) is 7.33. The lowest BCUT2D eigenvalue weighted by Gasteiger charge is -2.29. The molecule has 3 N–H and O–H groups in total. The van der Waals surface area contributed by atoms with E-state index in [1.54, 1.807) is 6.92 Å². The second kappa shape index (κ2) is 4.80. The summed E-state index contributed by atoms with van der Waals surface area (Å²) < 4.78 is 12.9. The van der Waals surface area contributed by atoms with E-state index in [0.717, 1.165) is 0 Å². The predicted octanol–water partition coefficient (Wildman–Crippen LogP) is 1.78. The average molecular weight is 227 g/mol. The molecule has 16 heavy (non-hydrogen) atoms. The molecule has 1 atom stereocenters. The molecule has 3 nitrogen and oxygen atoms in total. The number of aromatic hydroxyl groups is 1. The Balaban J connectivity index is 2.71. The van der Waals surface area contributed by atoms with Crippen LogP contribution in [-0.2, 0) is 6.54 Å². The highest BCUT2D eigenvalue weighted by atomic mass is 19.1. The van der Waals surface area contributed by atoms with Crippen LogP contribution in [0, 0.1) is 5.82 Å². The van der Waals surface area contributed by atoms with Crippen molar-refractivity contribution in [3.63, 3.8) is 0 Å². The summed E-state index contributed by atoms with van der Waals surface area (Å²) in [4.78, 5) is 0. The van der Waals surface area contributed by atoms with Crippen LogP contribution in [0.1, 0.15) is 26.3 Å². The first-order valence-electron chi connectivity index (χ1n) is 5.23. The van der Waals surface area contributed by atoms with E-state index in [1.165, 1.54) is 18.2 Å². The Labute approximate surface area is 94.9 Å². The average Bonchev–Trinajstić information content (AvgIpc) is 2.19. The van der Waals surface area contributed by atoms with Crippen LogP contribution >= 0.6 is 0 Å². The number of phenolic OH excluding ortho intramolecular Hbond substituents is 1. The first kappa shape index (κ1) is 12.9. The lowest BCUT2D eigenvalue weighted by atomic mass is 9.98. The van der Waals surface area contributed by atoms with Crippen LogP contribution in [0.2, 0.25) is 0 Å². The third-order valence-corrected chi connectivity index (χ3v) is 2.82. The van der Waals surface area contributed by atoms with E-state index in [0.29, 0.717) is 12.1 Å². The van der Waals surface area contributed by atoms with Crippen molar-refractivity contribution in [1.29, 1.82) is 0 Å². The van der Waals surface area contributed by atoms with Gasteiger partial charge in [0, 0.05) is 17.6 Å². The number of hydrogen-bond donors (Lipinski definition) is 3. The van der Waals surface area contributed by atoms with Crippen LogP contribution in [0.3, 0.4) is 0 Å². The Morgan fingerprint density at radius 1 is 1.44 bits per heavy atom. The van der Waals surface area contributed by atoms with Crippen LogP contribution in [0.4, 0.5) is 4.39 Å². The van der Waals surface area contributed by atoms with Gasteiger partial charge in [-0.25, -0.2) is 4.39 Å². The fourth-order valence-corrected chi connectivity index (χ4v) is 1.17. The molecule has 0 amide bonds. The molecule has 90 valence electrons. The van der Waals surface area contributed by atoms with Gasteiger partial charge in [0.25, 0.3) is 0 Å². The highest BCUT2D eigenvalue weighted by molar-refractivity contribution is 5.32. The van der Waals surface area contributed by atoms with Crippen LogP contribution in [0.5, 0.6) is 5.75 Å². The molecular formula is C12H18FNO2. The van der Waals surface area contributed by atoms with Gasteiger partial charge in [0.1, 0.15) is 11.6 Å². The first-order valence-corrected chi connectivity index (χ1v) is 5.23. The summed E-state index contributed by atoms with van der Waals surface area (Å²) in [6.45, 7) is 5.67. The third kappa shape index (κ3) is 3.18. The SMILES string of the molecule is CC(O)C(C)(C)NCc1cc(F)ccc1O. The molecular weight excluding hydrogens is 209 g/mol. The minimum absolute atomic E-state index is 0.0512. The van der Waals surface area contributed by atoms with Crippen molar-refractivity contribution < 1.29 is 14.6 Å². The molecule has 1 unspecified atom stereocenters. The zero-order chi connectivity index (χ0) is 12.3. The van der Waals surface area contributed by atoms with Crippen molar-refractivity contribution in [2.45, 2.75) is 39.0 Å². The third-order valence-electron chi connectivity index (χ3n) is 2.82. The van der Waals surface area contributed by atoms with Gasteiger partial charge >= 0.3 is 0 Å². The zero-order valence-electron chi connectivity index (χ0n) is 9.79. The number of nitrogens with one attached hydrogen (secondary N) is 1. The van der Waals surface area contributed by atoms with E-state index in [9.17, 15) is 14.6 Å². The Kier molecular flexibility index (Phi) is 3.88. The van der Waals surface area contributed by atoms with E-state index in [-0.39, 0.29) is 11.6 Å². The van der Waals surface area contributed by atoms with Gasteiger partial charge < -0.3 is 15.5 Å². The summed E-state index contributed by atoms with van der Waals surface area (Å²) in [7, 11) is 0. The highest BCUT2D eigenvalue weighted by Crippen LogP contribution is 2.19. The van der Waals surface area contributed by atoms with Crippen molar-refractivity contribution in [1.82, 2.24) is 5.32 Å². The molecule has 0 fully saturated rings. The largest absolute Gasteiger partial charge is 0.508 e. The van der Waals surface area contributed by atoms with Gasteiger partial charge in [-0.2, -0.15) is 0 Å². The molecule has 1 rings (SSSR count). The van der Waals surface area contributed by atoms with E-state index in [1.807, 2.05) is 13.8 Å². The maximum absolute atomic E-state index is 12.9. The normalized spacial score (nSPS) is 13.8. The second-order valence-corrected chi connectivity index (χ2v) is 4.52. The van der Waals surface area contributed by atoms with Crippen molar-refractivity contribution in [3.8, 4) is 5.75 Å². The number of phenols is 1. The van der Waals surface area contributed by atoms with Crippen LogP contribution in [-0.4, -0.2) is 21.9 Å². The monoisotopic (exact) mass is 227 g/mol. The Hall–Kier alpha value is -1.13. The highest BCUT2D eigenvalue weighted by Gasteiger charge is 2.23. The van der Waals surface area contributed by atoms with E-state index in [2.05, 4.69) is 5.32 Å². The van der Waals surface area contributed by atoms with Crippen molar-refractivity contribution in [2.75, 3.05) is 0 Å². The molecule has 0 radical (unpaired) electrons. The Morgan fingerprint density at radius 2 is 2.06 bits per heavy atom. The van der Waals surface area contributed by atoms with Crippen LogP contribution < -0.4 is 5.32 Å². The van der Waals surface area contributed by atoms with Gasteiger partial charge in [0.05, 0.1) is 6.10 Å². The summed E-state index contributed by atoms with van der Waals surface area (Å²) >= 11 is 0. The molecule has 0 heterocycles. The summed E-state index contributed by atoms with van der Waals surface area (Å²) in [6, 6.07) is 3.81. The molecule has 0 saturated heterocycles. The minimum atomic E-state index is -0.539. The molecule has 0 spiro atoms. The van der Waals surface area contributed by atoms with Gasteiger partial charge in [0.2, 0.25) is 0 Å². The van der Waals surface area contributed by atoms with Gasteiger partial charge in [0.15, 0.2) is 0 Å². The standard InChI is InChI=1S/C12H18FNO2/c1-8(15)12(2,3)14-7-9-6-10(13)4-5-11(9)16/h4-6,8,14-16H,7H2,1-3H3. The molecule has 0 aliphatic rings. The molecule has 1 aromatic carbocycles. The minimum Gasteiger partial charge on any atom is -0.508 e. The second-order valence-electron chi connectivity index (χ2n) is 4.52. The van der Waals surface area contributed by atoms with Crippen molar-refractivity contribution in [2.24, 2.45) is 0 Å². The number of benzene rings is 1. The lowest BCUT2D eigenvalue weighted by Crippen LogP contribution is -2.47. The molecule has 4 heteroatoms. The lowest BCUT2D eigenvalue weighted by molar-refractivity contribution is 0.0955. The Morgan fingerprint density at radius 3 is 2.62 bits per heavy atom. The smallest absolute Gasteiger partial charge is 0.123 e. The molecule has 0 aromatic heterocycles. The summed E-state index contributed by atoms with van der Waals surface area (Å²) in [5.74, 6) is -0.334. The van der Waals surface area contributed by atoms with Gasteiger partial charge in [-0.05, 0) is 39.0 Å². The Bertz CT molecular complexity index is 364. The van der Waals surface area contributed by atoms with Gasteiger partial charge in [-0.3, -0.25) is 0 Å². The summed E-state index contributed by atoms with van der Waals surface area (Å²) in [6.07, 6.45) is -0.539. The topological polar surface area (TPSA) is 52.5 Å². The quantitative estimate of drug-likeness (QED) is 0.735. The maximum atomic E-state index is 12.9. The molecule has 0 aliphatic carbocycles. The number of aliphatic hydroxyl groups excluding tert-OH is 1. The molecule has 0 aliphatic heterocycles.